The summed E-state index contributed by atoms with van der Waals surface area (Å²) < 4.78 is 11.7. The van der Waals surface area contributed by atoms with Crippen molar-refractivity contribution in [1.29, 1.82) is 0 Å². The van der Waals surface area contributed by atoms with Crippen LogP contribution in [0, 0.1) is 23.2 Å². The molecule has 18 heavy (non-hydrogen) atoms. The number of hydrogen-bond acceptors (Lipinski definition) is 2. The fourth-order valence-electron chi connectivity index (χ4n) is 5.18. The Morgan fingerprint density at radius 1 is 0.944 bits per heavy atom. The lowest BCUT2D eigenvalue weighted by Gasteiger charge is -2.56. The van der Waals surface area contributed by atoms with Crippen LogP contribution < -0.4 is 0 Å². The summed E-state index contributed by atoms with van der Waals surface area (Å²) in [5.41, 5.74) is 0.517. The van der Waals surface area contributed by atoms with E-state index >= 15 is 0 Å². The molecule has 1 atom stereocenters. The lowest BCUT2D eigenvalue weighted by molar-refractivity contribution is -0.190. The molecule has 2 heteroatoms. The van der Waals surface area contributed by atoms with Gasteiger partial charge in [-0.2, -0.15) is 0 Å². The largest absolute Gasteiger partial charge is 0.352 e. The minimum absolute atomic E-state index is 0.0435. The van der Waals surface area contributed by atoms with Crippen LogP contribution in [0.5, 0.6) is 0 Å². The van der Waals surface area contributed by atoms with Crippen molar-refractivity contribution in [2.24, 2.45) is 23.2 Å². The van der Waals surface area contributed by atoms with Crippen molar-refractivity contribution in [3.8, 4) is 0 Å². The van der Waals surface area contributed by atoms with Crippen LogP contribution in [0.3, 0.4) is 0 Å². The molecule has 4 bridgehead atoms. The molecule has 0 saturated heterocycles. The van der Waals surface area contributed by atoms with Gasteiger partial charge < -0.3 is 9.47 Å². The minimum atomic E-state index is -0.0435. The van der Waals surface area contributed by atoms with Gasteiger partial charge in [-0.25, -0.2) is 0 Å². The third kappa shape index (κ3) is 2.60. The number of ether oxygens (including phenoxy) is 2. The highest BCUT2D eigenvalue weighted by molar-refractivity contribution is 5.01. The predicted octanol–water partition coefficient (Wildman–Crippen LogP) is 3.99. The molecular weight excluding hydrogens is 224 g/mol. The smallest absolute Gasteiger partial charge is 0.155 e. The van der Waals surface area contributed by atoms with E-state index in [0.29, 0.717) is 5.41 Å². The van der Waals surface area contributed by atoms with Gasteiger partial charge in [-0.3, -0.25) is 0 Å². The van der Waals surface area contributed by atoms with Gasteiger partial charge in [-0.1, -0.05) is 0 Å². The topological polar surface area (TPSA) is 18.5 Å². The summed E-state index contributed by atoms with van der Waals surface area (Å²) in [5, 5.41) is 0. The van der Waals surface area contributed by atoms with Gasteiger partial charge in [0, 0.05) is 0 Å². The van der Waals surface area contributed by atoms with Crippen LogP contribution in [0.4, 0.5) is 0 Å². The molecule has 0 aliphatic heterocycles. The molecule has 104 valence electrons. The summed E-state index contributed by atoms with van der Waals surface area (Å²) >= 11 is 0. The Balaban J connectivity index is 1.56. The second kappa shape index (κ2) is 4.79. The minimum Gasteiger partial charge on any atom is -0.352 e. The first-order valence-corrected chi connectivity index (χ1v) is 7.82. The van der Waals surface area contributed by atoms with E-state index in [1.165, 1.54) is 38.5 Å². The van der Waals surface area contributed by atoms with E-state index in [-0.39, 0.29) is 12.4 Å². The molecule has 0 aromatic carbocycles. The van der Waals surface area contributed by atoms with Crippen LogP contribution in [-0.4, -0.2) is 19.0 Å². The number of hydrogen-bond donors (Lipinski definition) is 0. The third-order valence-electron chi connectivity index (χ3n) is 5.25. The lowest BCUT2D eigenvalue weighted by atomic mass is 9.50. The summed E-state index contributed by atoms with van der Waals surface area (Å²) in [6, 6.07) is 0. The molecule has 1 unspecified atom stereocenters. The van der Waals surface area contributed by atoms with Crippen LogP contribution in [0.25, 0.3) is 0 Å². The van der Waals surface area contributed by atoms with Crippen molar-refractivity contribution in [2.75, 3.05) is 6.61 Å². The maximum Gasteiger partial charge on any atom is 0.155 e. The maximum atomic E-state index is 6.02. The average molecular weight is 252 g/mol. The zero-order valence-electron chi connectivity index (χ0n) is 12.2. The van der Waals surface area contributed by atoms with Crippen molar-refractivity contribution in [2.45, 2.75) is 71.7 Å². The fraction of sp³-hybridized carbons (Fsp3) is 1.00. The molecule has 0 N–H and O–H groups in total. The normalized spacial score (nSPS) is 43.7. The van der Waals surface area contributed by atoms with E-state index < -0.39 is 0 Å². The first kappa shape index (κ1) is 12.9. The van der Waals surface area contributed by atoms with Crippen LogP contribution in [0.1, 0.15) is 59.3 Å². The highest BCUT2D eigenvalue weighted by atomic mass is 16.7. The van der Waals surface area contributed by atoms with Crippen molar-refractivity contribution < 1.29 is 9.47 Å². The van der Waals surface area contributed by atoms with E-state index in [2.05, 4.69) is 13.8 Å². The summed E-state index contributed by atoms with van der Waals surface area (Å²) in [6.07, 6.45) is 9.02. The zero-order valence-corrected chi connectivity index (χ0v) is 12.2. The van der Waals surface area contributed by atoms with Gasteiger partial charge in [-0.05, 0) is 82.5 Å². The third-order valence-corrected chi connectivity index (χ3v) is 5.25. The molecular formula is C16H28O2. The first-order chi connectivity index (χ1) is 8.55. The van der Waals surface area contributed by atoms with Gasteiger partial charge in [0.1, 0.15) is 0 Å². The molecule has 0 aromatic heterocycles. The van der Waals surface area contributed by atoms with E-state index in [1.807, 2.05) is 6.92 Å². The second-order valence-corrected chi connectivity index (χ2v) is 7.48. The first-order valence-electron chi connectivity index (χ1n) is 7.82. The Labute approximate surface area is 111 Å². The standard InChI is InChI=1S/C16H28O2/c1-11(2)18-12(3)17-10-16-7-13-4-14(8-16)6-15(5-13)9-16/h11-15H,4-10H2,1-3H3. The zero-order chi connectivity index (χ0) is 12.8. The Morgan fingerprint density at radius 3 is 1.89 bits per heavy atom. The molecule has 0 amide bonds. The summed E-state index contributed by atoms with van der Waals surface area (Å²) in [6.45, 7) is 7.13. The number of rotatable bonds is 5. The molecule has 4 fully saturated rings. The van der Waals surface area contributed by atoms with E-state index in [1.54, 1.807) is 0 Å². The highest BCUT2D eigenvalue weighted by Crippen LogP contribution is 2.60. The highest BCUT2D eigenvalue weighted by Gasteiger charge is 2.51. The van der Waals surface area contributed by atoms with Crippen molar-refractivity contribution in [3.05, 3.63) is 0 Å². The van der Waals surface area contributed by atoms with Crippen molar-refractivity contribution in [3.63, 3.8) is 0 Å². The van der Waals surface area contributed by atoms with Gasteiger partial charge >= 0.3 is 0 Å². The Morgan fingerprint density at radius 2 is 1.44 bits per heavy atom. The van der Waals surface area contributed by atoms with Gasteiger partial charge in [0.25, 0.3) is 0 Å². The molecule has 4 rings (SSSR count). The van der Waals surface area contributed by atoms with Crippen LogP contribution in [0.15, 0.2) is 0 Å². The fourth-order valence-corrected chi connectivity index (χ4v) is 5.18. The van der Waals surface area contributed by atoms with Crippen molar-refractivity contribution >= 4 is 0 Å². The van der Waals surface area contributed by atoms with Gasteiger partial charge in [0.15, 0.2) is 6.29 Å². The molecule has 0 aromatic rings. The Kier molecular flexibility index (Phi) is 3.44. The van der Waals surface area contributed by atoms with E-state index in [9.17, 15) is 0 Å². The van der Waals surface area contributed by atoms with Crippen LogP contribution >= 0.6 is 0 Å². The molecule has 4 aliphatic carbocycles. The van der Waals surface area contributed by atoms with E-state index in [4.69, 9.17) is 9.47 Å². The second-order valence-electron chi connectivity index (χ2n) is 7.48. The SMILES string of the molecule is CC(C)OC(C)OCC12CC3CC(CC(C3)C1)C2. The van der Waals surface area contributed by atoms with Gasteiger partial charge in [-0.15, -0.1) is 0 Å². The molecule has 4 saturated carbocycles. The maximum absolute atomic E-state index is 6.02. The predicted molar refractivity (Wildman–Crippen MR) is 72.2 cm³/mol. The Hall–Kier alpha value is -0.0800. The molecule has 0 spiro atoms. The van der Waals surface area contributed by atoms with Crippen LogP contribution in [-0.2, 0) is 9.47 Å². The summed E-state index contributed by atoms with van der Waals surface area (Å²) in [7, 11) is 0. The van der Waals surface area contributed by atoms with Gasteiger partial charge in [0.05, 0.1) is 12.7 Å². The molecule has 0 radical (unpaired) electrons. The van der Waals surface area contributed by atoms with Crippen molar-refractivity contribution in [1.82, 2.24) is 0 Å². The summed E-state index contributed by atoms with van der Waals surface area (Å²) in [4.78, 5) is 0. The molecule has 0 heterocycles. The quantitative estimate of drug-likeness (QED) is 0.689. The molecule has 2 nitrogen and oxygen atoms in total. The van der Waals surface area contributed by atoms with Gasteiger partial charge in [0.2, 0.25) is 0 Å². The lowest BCUT2D eigenvalue weighted by Crippen LogP contribution is -2.48. The van der Waals surface area contributed by atoms with Crippen LogP contribution in [0.2, 0.25) is 0 Å². The Bertz CT molecular complexity index is 262. The van der Waals surface area contributed by atoms with E-state index in [0.717, 1.165) is 24.4 Å². The summed E-state index contributed by atoms with van der Waals surface area (Å²) in [5.74, 6) is 3.04. The molecule has 4 aliphatic rings. The monoisotopic (exact) mass is 252 g/mol. The average Bonchev–Trinajstić information content (AvgIpc) is 2.23.